The van der Waals surface area contributed by atoms with Crippen molar-refractivity contribution in [2.45, 2.75) is 37.5 Å². The number of anilines is 1. The Morgan fingerprint density at radius 2 is 1.75 bits per heavy atom. The Balaban J connectivity index is 1.89. The van der Waals surface area contributed by atoms with Gasteiger partial charge in [-0.2, -0.15) is 4.31 Å². The zero-order valence-corrected chi connectivity index (χ0v) is 17.9. The van der Waals surface area contributed by atoms with Crippen LogP contribution in [0.3, 0.4) is 0 Å². The minimum absolute atomic E-state index is 0.0331. The number of halogens is 2. The van der Waals surface area contributed by atoms with E-state index in [1.54, 1.807) is 25.1 Å². The number of hydrogen-bond acceptors (Lipinski definition) is 3. The molecule has 0 aromatic heterocycles. The Morgan fingerprint density at radius 3 is 2.39 bits per heavy atom. The summed E-state index contributed by atoms with van der Waals surface area (Å²) in [4.78, 5) is 12.7. The van der Waals surface area contributed by atoms with Crippen LogP contribution in [0, 0.1) is 12.7 Å². The molecule has 1 aliphatic heterocycles. The van der Waals surface area contributed by atoms with Crippen LogP contribution in [0.25, 0.3) is 0 Å². The van der Waals surface area contributed by atoms with Crippen molar-refractivity contribution in [2.24, 2.45) is 0 Å². The molecule has 1 aliphatic rings. The quantitative estimate of drug-likeness (QED) is 0.705. The lowest BCUT2D eigenvalue weighted by atomic mass is 10.1. The second-order valence-electron chi connectivity index (χ2n) is 6.88. The number of hydrogen-bond donors (Lipinski definition) is 1. The Labute approximate surface area is 173 Å². The Hall–Kier alpha value is -1.77. The molecule has 0 radical (unpaired) electrons. The summed E-state index contributed by atoms with van der Waals surface area (Å²) in [7, 11) is -3.69. The summed E-state index contributed by atoms with van der Waals surface area (Å²) >= 11 is 3.17. The smallest absolute Gasteiger partial charge is 0.255 e. The van der Waals surface area contributed by atoms with Gasteiger partial charge >= 0.3 is 0 Å². The number of nitrogens with zero attached hydrogens (tertiary/aromatic N) is 1. The fraction of sp³-hybridized carbons (Fsp3) is 0.350. The number of nitrogens with one attached hydrogen (secondary N) is 1. The summed E-state index contributed by atoms with van der Waals surface area (Å²) in [6, 6.07) is 8.84. The monoisotopic (exact) mass is 468 g/mol. The molecule has 1 saturated heterocycles. The number of aryl methyl sites for hydroxylation is 1. The molecule has 150 valence electrons. The lowest BCUT2D eigenvalue weighted by Gasteiger charge is -2.21. The molecular weight excluding hydrogens is 447 g/mol. The van der Waals surface area contributed by atoms with Crippen molar-refractivity contribution in [3.05, 3.63) is 57.8 Å². The first-order valence-electron chi connectivity index (χ1n) is 9.16. The molecule has 0 spiro atoms. The number of carbonyl (C=O) groups excluding carboxylic acids is 1. The summed E-state index contributed by atoms with van der Waals surface area (Å²) in [5.74, 6) is -1.14. The van der Waals surface area contributed by atoms with Crippen LogP contribution < -0.4 is 5.32 Å². The Kier molecular flexibility index (Phi) is 6.52. The van der Waals surface area contributed by atoms with Crippen molar-refractivity contribution in [1.82, 2.24) is 4.31 Å². The summed E-state index contributed by atoms with van der Waals surface area (Å²) in [6.07, 6.45) is 3.71. The van der Waals surface area contributed by atoms with Gasteiger partial charge in [0.15, 0.2) is 0 Å². The zero-order valence-electron chi connectivity index (χ0n) is 15.5. The molecule has 28 heavy (non-hydrogen) atoms. The lowest BCUT2D eigenvalue weighted by Crippen LogP contribution is -2.32. The molecule has 3 rings (SSSR count). The zero-order chi connectivity index (χ0) is 20.3. The maximum atomic E-state index is 14.0. The fourth-order valence-electron chi connectivity index (χ4n) is 3.23. The second kappa shape index (κ2) is 8.71. The molecule has 0 bridgehead atoms. The minimum Gasteiger partial charge on any atom is -0.319 e. The summed E-state index contributed by atoms with van der Waals surface area (Å²) in [6.45, 7) is 2.69. The van der Waals surface area contributed by atoms with Gasteiger partial charge < -0.3 is 5.32 Å². The molecule has 1 N–H and O–H groups in total. The van der Waals surface area contributed by atoms with E-state index in [1.807, 2.05) is 0 Å². The van der Waals surface area contributed by atoms with Gasteiger partial charge in [-0.1, -0.05) is 34.8 Å². The summed E-state index contributed by atoms with van der Waals surface area (Å²) in [5, 5.41) is 2.50. The van der Waals surface area contributed by atoms with Crippen molar-refractivity contribution in [2.75, 3.05) is 18.4 Å². The maximum Gasteiger partial charge on any atom is 0.255 e. The van der Waals surface area contributed by atoms with Crippen molar-refractivity contribution in [1.29, 1.82) is 0 Å². The predicted molar refractivity (Wildman–Crippen MR) is 110 cm³/mol. The highest BCUT2D eigenvalue weighted by Gasteiger charge is 2.27. The van der Waals surface area contributed by atoms with Gasteiger partial charge in [0.05, 0.1) is 10.6 Å². The van der Waals surface area contributed by atoms with E-state index in [4.69, 9.17) is 0 Å². The Bertz CT molecular complexity index is 987. The number of carbonyl (C=O) groups is 1. The van der Waals surface area contributed by atoms with Gasteiger partial charge in [-0.15, -0.1) is 0 Å². The predicted octanol–water partition coefficient (Wildman–Crippen LogP) is 4.71. The van der Waals surface area contributed by atoms with Crippen LogP contribution in [-0.2, 0) is 10.0 Å². The molecule has 0 saturated carbocycles. The fourth-order valence-corrected chi connectivity index (χ4v) is 5.33. The molecule has 1 fully saturated rings. The van der Waals surface area contributed by atoms with Gasteiger partial charge in [0, 0.05) is 23.1 Å². The molecule has 1 heterocycles. The van der Waals surface area contributed by atoms with Crippen LogP contribution in [0.4, 0.5) is 10.1 Å². The van der Waals surface area contributed by atoms with Crippen LogP contribution in [0.15, 0.2) is 45.8 Å². The van der Waals surface area contributed by atoms with E-state index in [-0.39, 0.29) is 16.1 Å². The van der Waals surface area contributed by atoms with Gasteiger partial charge in [-0.3, -0.25) is 4.79 Å². The van der Waals surface area contributed by atoms with Crippen LogP contribution in [-0.4, -0.2) is 31.7 Å². The maximum absolute atomic E-state index is 14.0. The lowest BCUT2D eigenvalue weighted by molar-refractivity contribution is 0.102. The van der Waals surface area contributed by atoms with Crippen molar-refractivity contribution in [3.63, 3.8) is 0 Å². The van der Waals surface area contributed by atoms with Crippen molar-refractivity contribution >= 4 is 37.5 Å². The third kappa shape index (κ3) is 4.61. The highest BCUT2D eigenvalue weighted by molar-refractivity contribution is 9.10. The van der Waals surface area contributed by atoms with E-state index < -0.39 is 21.7 Å². The molecule has 0 unspecified atom stereocenters. The van der Waals surface area contributed by atoms with Crippen LogP contribution in [0.1, 0.15) is 41.6 Å². The molecule has 2 aromatic rings. The van der Waals surface area contributed by atoms with Gasteiger partial charge in [-0.25, -0.2) is 12.8 Å². The summed E-state index contributed by atoms with van der Waals surface area (Å²) < 4.78 is 42.3. The topological polar surface area (TPSA) is 66.5 Å². The number of benzene rings is 2. The van der Waals surface area contributed by atoms with Gasteiger partial charge in [0.1, 0.15) is 5.82 Å². The SMILES string of the molecule is Cc1ccc(C(=O)Nc2ccc(Br)cc2F)cc1S(=O)(=O)N1CCCCCC1. The summed E-state index contributed by atoms with van der Waals surface area (Å²) in [5.41, 5.74) is 0.780. The van der Waals surface area contributed by atoms with E-state index >= 15 is 0 Å². The molecule has 1 amide bonds. The van der Waals surface area contributed by atoms with Gasteiger partial charge in [0.25, 0.3) is 5.91 Å². The van der Waals surface area contributed by atoms with Crippen molar-refractivity contribution in [3.8, 4) is 0 Å². The highest BCUT2D eigenvalue weighted by Crippen LogP contribution is 2.25. The normalized spacial score (nSPS) is 15.8. The molecule has 0 aliphatic carbocycles. The number of amides is 1. The van der Waals surface area contributed by atoms with Gasteiger partial charge in [0.2, 0.25) is 10.0 Å². The highest BCUT2D eigenvalue weighted by atomic mass is 79.9. The van der Waals surface area contributed by atoms with Crippen molar-refractivity contribution < 1.29 is 17.6 Å². The largest absolute Gasteiger partial charge is 0.319 e. The third-order valence-corrected chi connectivity index (χ3v) is 7.35. The average molecular weight is 469 g/mol. The van der Waals surface area contributed by atoms with E-state index in [9.17, 15) is 17.6 Å². The van der Waals surface area contributed by atoms with Crippen LogP contribution in [0.2, 0.25) is 0 Å². The first-order chi connectivity index (χ1) is 13.3. The average Bonchev–Trinajstić information content (AvgIpc) is 2.94. The van der Waals surface area contributed by atoms with E-state index in [0.29, 0.717) is 23.1 Å². The van der Waals surface area contributed by atoms with E-state index in [0.717, 1.165) is 25.7 Å². The first-order valence-corrected chi connectivity index (χ1v) is 11.4. The molecule has 2 aromatic carbocycles. The first kappa shape index (κ1) is 21.0. The molecule has 5 nitrogen and oxygen atoms in total. The Morgan fingerprint density at radius 1 is 1.07 bits per heavy atom. The molecule has 8 heteroatoms. The minimum atomic E-state index is -3.69. The van der Waals surface area contributed by atoms with E-state index in [2.05, 4.69) is 21.2 Å². The number of rotatable bonds is 4. The third-order valence-electron chi connectivity index (χ3n) is 4.81. The van der Waals surface area contributed by atoms with Crippen LogP contribution >= 0.6 is 15.9 Å². The second-order valence-corrected chi connectivity index (χ2v) is 9.70. The van der Waals surface area contributed by atoms with E-state index in [1.165, 1.54) is 22.5 Å². The molecule has 0 atom stereocenters. The number of sulfonamides is 1. The molecular formula is C20H22BrFN2O3S. The van der Waals surface area contributed by atoms with Gasteiger partial charge in [-0.05, 0) is 55.7 Å². The standard InChI is InChI=1S/C20H22BrFN2O3S/c1-14-6-7-15(20(25)23-18-9-8-16(21)13-17(18)22)12-19(14)28(26,27)24-10-4-2-3-5-11-24/h6-9,12-13H,2-5,10-11H2,1H3,(H,23,25). The van der Waals surface area contributed by atoms with Crippen LogP contribution in [0.5, 0.6) is 0 Å².